The molecule has 0 saturated carbocycles. The third kappa shape index (κ3) is 4.31. The van der Waals surface area contributed by atoms with E-state index in [0.29, 0.717) is 22.9 Å². The molecule has 3 heterocycles. The van der Waals surface area contributed by atoms with Gasteiger partial charge in [0, 0.05) is 36.3 Å². The number of amides is 4. The van der Waals surface area contributed by atoms with Crippen molar-refractivity contribution in [3.05, 3.63) is 71.9 Å². The maximum absolute atomic E-state index is 13.4. The van der Waals surface area contributed by atoms with Crippen LogP contribution >= 0.6 is 0 Å². The number of benzene rings is 2. The van der Waals surface area contributed by atoms with Gasteiger partial charge in [0.15, 0.2) is 0 Å². The fourth-order valence-electron chi connectivity index (χ4n) is 5.35. The van der Waals surface area contributed by atoms with Crippen LogP contribution in [-0.4, -0.2) is 53.8 Å². The molecule has 2 aliphatic rings. The van der Waals surface area contributed by atoms with Gasteiger partial charge in [-0.3, -0.25) is 14.9 Å². The highest BCUT2D eigenvalue weighted by Gasteiger charge is 2.54. The molecule has 3 aromatic rings. The van der Waals surface area contributed by atoms with E-state index in [2.05, 4.69) is 10.6 Å². The van der Waals surface area contributed by atoms with Crippen molar-refractivity contribution >= 4 is 44.8 Å². The first kappa shape index (κ1) is 24.8. The van der Waals surface area contributed by atoms with E-state index in [4.69, 9.17) is 0 Å². The number of urea groups is 1. The lowest BCUT2D eigenvalue weighted by Gasteiger charge is -2.38. The van der Waals surface area contributed by atoms with Crippen LogP contribution in [0.15, 0.2) is 65.7 Å². The van der Waals surface area contributed by atoms with E-state index in [1.165, 1.54) is 16.2 Å². The third-order valence-corrected chi connectivity index (χ3v) is 8.85. The van der Waals surface area contributed by atoms with E-state index in [0.717, 1.165) is 12.0 Å². The molecule has 1 aromatic heterocycles. The summed E-state index contributed by atoms with van der Waals surface area (Å²) in [5.74, 6) is -1.21. The first-order valence-electron chi connectivity index (χ1n) is 12.2. The van der Waals surface area contributed by atoms with E-state index < -0.39 is 27.5 Å². The lowest BCUT2D eigenvalue weighted by molar-refractivity contribution is -0.127. The van der Waals surface area contributed by atoms with E-state index in [-0.39, 0.29) is 29.8 Å². The minimum Gasteiger partial charge on any atom is -0.336 e. The van der Waals surface area contributed by atoms with Crippen LogP contribution in [0.2, 0.25) is 0 Å². The van der Waals surface area contributed by atoms with Gasteiger partial charge in [-0.2, -0.15) is 0 Å². The number of carbonyl (C=O) groups is 3. The quantitative estimate of drug-likeness (QED) is 0.485. The van der Waals surface area contributed by atoms with Crippen molar-refractivity contribution in [2.24, 2.45) is 5.92 Å². The van der Waals surface area contributed by atoms with Gasteiger partial charge in [0.05, 0.1) is 21.9 Å². The number of hydrogen-bond donors (Lipinski definition) is 2. The predicted molar refractivity (Wildman–Crippen MR) is 139 cm³/mol. The number of imide groups is 1. The fourth-order valence-corrected chi connectivity index (χ4v) is 6.73. The summed E-state index contributed by atoms with van der Waals surface area (Å²) >= 11 is 0. The number of nitrogens with one attached hydrogen (secondary N) is 2. The SMILES string of the molecule is CCCC12CN(C(=O)/C=C/c3cn(S(=O)(=O)c4ccc(C)cc4)c4ccccc34)CC1C(=O)NC(=O)N2. The van der Waals surface area contributed by atoms with Gasteiger partial charge in [0.2, 0.25) is 11.8 Å². The zero-order valence-electron chi connectivity index (χ0n) is 20.6. The minimum atomic E-state index is -3.85. The molecule has 2 aliphatic heterocycles. The lowest BCUT2D eigenvalue weighted by Crippen LogP contribution is -2.66. The molecule has 0 bridgehead atoms. The number of hydrogen-bond acceptors (Lipinski definition) is 5. The van der Waals surface area contributed by atoms with Crippen molar-refractivity contribution in [2.45, 2.75) is 37.1 Å². The van der Waals surface area contributed by atoms with Gasteiger partial charge in [-0.1, -0.05) is 49.2 Å². The van der Waals surface area contributed by atoms with Gasteiger partial charge in [-0.05, 0) is 37.6 Å². The van der Waals surface area contributed by atoms with E-state index >= 15 is 0 Å². The molecule has 0 radical (unpaired) electrons. The van der Waals surface area contributed by atoms with Gasteiger partial charge in [-0.25, -0.2) is 17.2 Å². The highest BCUT2D eigenvalue weighted by Crippen LogP contribution is 2.34. The zero-order valence-corrected chi connectivity index (χ0v) is 21.4. The van der Waals surface area contributed by atoms with Crippen molar-refractivity contribution in [3.8, 4) is 0 Å². The number of para-hydroxylation sites is 1. The van der Waals surface area contributed by atoms with Crippen LogP contribution in [0.5, 0.6) is 0 Å². The second kappa shape index (κ2) is 9.19. The molecule has 2 N–H and O–H groups in total. The van der Waals surface area contributed by atoms with E-state index in [9.17, 15) is 22.8 Å². The van der Waals surface area contributed by atoms with Gasteiger partial charge in [0.1, 0.15) is 0 Å². The number of likely N-dealkylation sites (tertiary alicyclic amines) is 1. The summed E-state index contributed by atoms with van der Waals surface area (Å²) in [5.41, 5.74) is 1.25. The molecule has 37 heavy (non-hydrogen) atoms. The number of carbonyl (C=O) groups excluding carboxylic acids is 3. The summed E-state index contributed by atoms with van der Waals surface area (Å²) in [7, 11) is -3.85. The molecule has 0 spiro atoms. The van der Waals surface area contributed by atoms with Gasteiger partial charge in [-0.15, -0.1) is 0 Å². The molecule has 4 amide bonds. The van der Waals surface area contributed by atoms with Crippen LogP contribution in [0.25, 0.3) is 17.0 Å². The first-order chi connectivity index (χ1) is 17.6. The molecule has 2 aromatic carbocycles. The smallest absolute Gasteiger partial charge is 0.321 e. The van der Waals surface area contributed by atoms with Gasteiger partial charge >= 0.3 is 6.03 Å². The summed E-state index contributed by atoms with van der Waals surface area (Å²) in [6.45, 7) is 4.28. The topological polar surface area (TPSA) is 118 Å². The number of fused-ring (bicyclic) bond motifs is 2. The molecular weight excluding hydrogens is 492 g/mol. The van der Waals surface area contributed by atoms with Gasteiger partial charge in [0.25, 0.3) is 10.0 Å². The normalized spacial score (nSPS) is 21.8. The number of aromatic nitrogens is 1. The fraction of sp³-hybridized carbons (Fsp3) is 0.296. The Hall–Kier alpha value is -3.92. The van der Waals surface area contributed by atoms with Crippen LogP contribution in [0.1, 0.15) is 30.9 Å². The molecule has 0 aliphatic carbocycles. The monoisotopic (exact) mass is 520 g/mol. The Morgan fingerprint density at radius 1 is 1.14 bits per heavy atom. The summed E-state index contributed by atoms with van der Waals surface area (Å²) < 4.78 is 28.1. The first-order valence-corrected chi connectivity index (χ1v) is 13.6. The predicted octanol–water partition coefficient (Wildman–Crippen LogP) is 3.04. The molecule has 2 fully saturated rings. The molecule has 10 heteroatoms. The molecule has 2 saturated heterocycles. The highest BCUT2D eigenvalue weighted by molar-refractivity contribution is 7.90. The van der Waals surface area contributed by atoms with Crippen LogP contribution in [0, 0.1) is 12.8 Å². The molecular formula is C27H28N4O5S. The molecule has 9 nitrogen and oxygen atoms in total. The molecule has 2 unspecified atom stereocenters. The number of nitrogens with zero attached hydrogens (tertiary/aromatic N) is 2. The van der Waals surface area contributed by atoms with Crippen molar-refractivity contribution in [1.29, 1.82) is 0 Å². The lowest BCUT2D eigenvalue weighted by atomic mass is 9.81. The second-order valence-electron chi connectivity index (χ2n) is 9.67. The summed E-state index contributed by atoms with van der Waals surface area (Å²) in [6, 6.07) is 13.2. The van der Waals surface area contributed by atoms with Crippen LogP contribution in [0.3, 0.4) is 0 Å². The average Bonchev–Trinajstić information content (AvgIpc) is 3.43. The Morgan fingerprint density at radius 2 is 1.86 bits per heavy atom. The standard InChI is InChI=1S/C27H28N4O5S/c1-3-14-27-17-30(16-22(27)25(33)28-26(34)29-27)24(32)13-10-19-15-31(23-7-5-4-6-21(19)23)37(35,36)20-11-8-18(2)9-12-20/h4-13,15,22H,3,14,16-17H2,1-2H3,(H2,28,29,33,34)/b13-10+. The Bertz CT molecular complexity index is 1540. The largest absolute Gasteiger partial charge is 0.336 e. The molecule has 2 atom stereocenters. The average molecular weight is 521 g/mol. The van der Waals surface area contributed by atoms with Crippen LogP contribution < -0.4 is 10.6 Å². The van der Waals surface area contributed by atoms with Crippen molar-refractivity contribution in [1.82, 2.24) is 19.5 Å². The maximum Gasteiger partial charge on any atom is 0.321 e. The Kier molecular flexibility index (Phi) is 6.15. The maximum atomic E-state index is 13.4. The summed E-state index contributed by atoms with van der Waals surface area (Å²) in [4.78, 5) is 39.4. The minimum absolute atomic E-state index is 0.173. The van der Waals surface area contributed by atoms with Crippen molar-refractivity contribution in [3.63, 3.8) is 0 Å². The Balaban J connectivity index is 1.45. The zero-order chi connectivity index (χ0) is 26.4. The van der Waals surface area contributed by atoms with E-state index in [1.807, 2.05) is 19.9 Å². The Morgan fingerprint density at radius 3 is 2.59 bits per heavy atom. The second-order valence-corrected chi connectivity index (χ2v) is 11.5. The molecule has 5 rings (SSSR count). The van der Waals surface area contributed by atoms with Crippen LogP contribution in [0.4, 0.5) is 4.79 Å². The number of aryl methyl sites for hydroxylation is 1. The van der Waals surface area contributed by atoms with Gasteiger partial charge < -0.3 is 10.2 Å². The summed E-state index contributed by atoms with van der Waals surface area (Å²) in [5, 5.41) is 5.87. The summed E-state index contributed by atoms with van der Waals surface area (Å²) in [6.07, 6.45) is 5.82. The van der Waals surface area contributed by atoms with Crippen molar-refractivity contribution in [2.75, 3.05) is 13.1 Å². The Labute approximate surface area is 215 Å². The highest BCUT2D eigenvalue weighted by atomic mass is 32.2. The molecule has 192 valence electrons. The van der Waals surface area contributed by atoms with E-state index in [1.54, 1.807) is 53.4 Å². The third-order valence-electron chi connectivity index (χ3n) is 7.16. The van der Waals surface area contributed by atoms with Crippen molar-refractivity contribution < 1.29 is 22.8 Å². The van der Waals surface area contributed by atoms with Crippen LogP contribution in [-0.2, 0) is 19.6 Å². The number of rotatable bonds is 6.